The van der Waals surface area contributed by atoms with Gasteiger partial charge in [0.15, 0.2) is 0 Å². The third kappa shape index (κ3) is 4.03. The smallest absolute Gasteiger partial charge is 0.354 e. The maximum atomic E-state index is 13.3. The van der Waals surface area contributed by atoms with Crippen LogP contribution in [0.15, 0.2) is 60.0 Å². The lowest BCUT2D eigenvalue weighted by Crippen LogP contribution is -2.44. The van der Waals surface area contributed by atoms with Gasteiger partial charge in [0.2, 0.25) is 5.91 Å². The van der Waals surface area contributed by atoms with E-state index < -0.39 is 12.0 Å². The second-order valence-electron chi connectivity index (χ2n) is 6.58. The number of hydrogen-bond donors (Lipinski definition) is 0. The van der Waals surface area contributed by atoms with Crippen LogP contribution in [0.3, 0.4) is 0 Å². The zero-order chi connectivity index (χ0) is 20.1. The lowest BCUT2D eigenvalue weighted by atomic mass is 10.1. The number of carbonyl (C=O) groups is 2. The molecule has 2 heterocycles. The molecule has 28 heavy (non-hydrogen) atoms. The molecule has 2 unspecified atom stereocenters. The minimum absolute atomic E-state index is 0.122. The predicted molar refractivity (Wildman–Crippen MR) is 107 cm³/mol. The minimum Gasteiger partial charge on any atom is -0.461 e. The molecule has 0 N–H and O–H groups in total. The molecule has 7 heteroatoms. The van der Waals surface area contributed by atoms with Crippen molar-refractivity contribution in [3.63, 3.8) is 0 Å². The molecule has 1 amide bonds. The Labute approximate surface area is 164 Å². The largest absolute Gasteiger partial charge is 0.461 e. The van der Waals surface area contributed by atoms with Gasteiger partial charge in [-0.1, -0.05) is 24.3 Å². The lowest BCUT2D eigenvalue weighted by molar-refractivity contribution is -0.135. The van der Waals surface area contributed by atoms with E-state index in [1.807, 2.05) is 49.4 Å². The Balaban J connectivity index is 1.85. The van der Waals surface area contributed by atoms with Crippen LogP contribution in [0.5, 0.6) is 0 Å². The fourth-order valence-electron chi connectivity index (χ4n) is 3.13. The second-order valence-corrected chi connectivity index (χ2v) is 6.58. The Morgan fingerprint density at radius 2 is 2.00 bits per heavy atom. The number of hydrazone groups is 1. The Bertz CT molecular complexity index is 854. The van der Waals surface area contributed by atoms with Gasteiger partial charge >= 0.3 is 5.97 Å². The first-order valence-electron chi connectivity index (χ1n) is 9.28. The van der Waals surface area contributed by atoms with Crippen LogP contribution >= 0.6 is 0 Å². The van der Waals surface area contributed by atoms with E-state index in [0.717, 1.165) is 11.3 Å². The number of anilines is 1. The number of rotatable bonds is 6. The third-order valence-electron chi connectivity index (χ3n) is 4.82. The van der Waals surface area contributed by atoms with Crippen LogP contribution in [0, 0.1) is 0 Å². The summed E-state index contributed by atoms with van der Waals surface area (Å²) in [7, 11) is 1.76. The Morgan fingerprint density at radius 3 is 2.64 bits per heavy atom. The number of aromatic nitrogens is 1. The topological polar surface area (TPSA) is 75.1 Å². The van der Waals surface area contributed by atoms with Crippen molar-refractivity contribution in [2.45, 2.75) is 32.4 Å². The van der Waals surface area contributed by atoms with E-state index >= 15 is 0 Å². The van der Waals surface area contributed by atoms with Crippen LogP contribution in [0.25, 0.3) is 0 Å². The zero-order valence-corrected chi connectivity index (χ0v) is 16.3. The summed E-state index contributed by atoms with van der Waals surface area (Å²) in [4.78, 5) is 31.3. The van der Waals surface area contributed by atoms with Gasteiger partial charge < -0.3 is 9.64 Å². The Hall–Kier alpha value is -3.22. The standard InChI is InChI=1S/C21H24N4O3/c1-4-28-21(27)18-13-19(25(23-18)17-10-6-5-7-11-17)20(26)24(3)15(2)16-9-8-12-22-14-16/h5-12,14-15,19H,4,13H2,1-3H3. The summed E-state index contributed by atoms with van der Waals surface area (Å²) in [5.41, 5.74) is 1.95. The van der Waals surface area contributed by atoms with E-state index in [1.165, 1.54) is 0 Å². The number of benzene rings is 1. The molecule has 2 atom stereocenters. The van der Waals surface area contributed by atoms with Crippen molar-refractivity contribution in [3.05, 3.63) is 60.4 Å². The van der Waals surface area contributed by atoms with Crippen LogP contribution in [-0.2, 0) is 14.3 Å². The summed E-state index contributed by atoms with van der Waals surface area (Å²) >= 11 is 0. The van der Waals surface area contributed by atoms with Gasteiger partial charge in [0, 0.05) is 25.9 Å². The summed E-state index contributed by atoms with van der Waals surface area (Å²) in [6.07, 6.45) is 3.65. The van der Waals surface area contributed by atoms with Gasteiger partial charge in [0.25, 0.3) is 0 Å². The fraction of sp³-hybridized carbons (Fsp3) is 0.333. The maximum Gasteiger partial charge on any atom is 0.354 e. The number of para-hydroxylation sites is 1. The summed E-state index contributed by atoms with van der Waals surface area (Å²) in [6, 6.07) is 12.4. The lowest BCUT2D eigenvalue weighted by Gasteiger charge is -2.31. The number of ether oxygens (including phenoxy) is 1. The van der Waals surface area contributed by atoms with Crippen molar-refractivity contribution in [2.75, 3.05) is 18.7 Å². The van der Waals surface area contributed by atoms with Crippen LogP contribution in [0.4, 0.5) is 5.69 Å². The highest BCUT2D eigenvalue weighted by molar-refractivity contribution is 6.38. The molecule has 1 aromatic carbocycles. The summed E-state index contributed by atoms with van der Waals surface area (Å²) < 4.78 is 5.09. The molecule has 1 aromatic heterocycles. The van der Waals surface area contributed by atoms with Crippen molar-refractivity contribution in [3.8, 4) is 0 Å². The zero-order valence-electron chi connectivity index (χ0n) is 16.3. The summed E-state index contributed by atoms with van der Waals surface area (Å²) in [5, 5.41) is 6.02. The number of likely N-dealkylation sites (N-methyl/N-ethyl adjacent to an activating group) is 1. The predicted octanol–water partition coefficient (Wildman–Crippen LogP) is 2.80. The molecule has 0 fully saturated rings. The fourth-order valence-corrected chi connectivity index (χ4v) is 3.13. The highest BCUT2D eigenvalue weighted by Crippen LogP contribution is 2.28. The van der Waals surface area contributed by atoms with Crippen molar-refractivity contribution in [1.29, 1.82) is 0 Å². The van der Waals surface area contributed by atoms with Crippen molar-refractivity contribution in [1.82, 2.24) is 9.88 Å². The van der Waals surface area contributed by atoms with Gasteiger partial charge in [-0.15, -0.1) is 0 Å². The van der Waals surface area contributed by atoms with Crippen LogP contribution < -0.4 is 5.01 Å². The van der Waals surface area contributed by atoms with Gasteiger partial charge in [0.1, 0.15) is 11.8 Å². The highest BCUT2D eigenvalue weighted by Gasteiger charge is 2.39. The van der Waals surface area contributed by atoms with Gasteiger partial charge in [-0.25, -0.2) is 4.79 Å². The molecule has 3 rings (SSSR count). The molecule has 1 aliphatic heterocycles. The van der Waals surface area contributed by atoms with Crippen LogP contribution in [0.2, 0.25) is 0 Å². The first-order chi connectivity index (χ1) is 13.5. The third-order valence-corrected chi connectivity index (χ3v) is 4.82. The molecular weight excluding hydrogens is 356 g/mol. The Kier molecular flexibility index (Phi) is 6.03. The number of hydrogen-bond acceptors (Lipinski definition) is 6. The van der Waals surface area contributed by atoms with E-state index in [2.05, 4.69) is 10.1 Å². The molecule has 7 nitrogen and oxygen atoms in total. The number of pyridine rings is 1. The van der Waals surface area contributed by atoms with Gasteiger partial charge in [-0.05, 0) is 37.6 Å². The molecule has 0 aliphatic carbocycles. The summed E-state index contributed by atoms with van der Waals surface area (Å²) in [6.45, 7) is 3.96. The molecule has 0 spiro atoms. The summed E-state index contributed by atoms with van der Waals surface area (Å²) in [5.74, 6) is -0.607. The van der Waals surface area contributed by atoms with Gasteiger partial charge in [-0.3, -0.25) is 14.8 Å². The quantitative estimate of drug-likeness (QED) is 0.721. The first kappa shape index (κ1) is 19.5. The van der Waals surface area contributed by atoms with E-state index in [0.29, 0.717) is 0 Å². The normalized spacial score (nSPS) is 17.0. The molecule has 0 radical (unpaired) electrons. The second kappa shape index (κ2) is 8.65. The van der Waals surface area contributed by atoms with Gasteiger partial charge in [0.05, 0.1) is 18.3 Å². The number of carbonyl (C=O) groups excluding carboxylic acids is 2. The number of amides is 1. The number of nitrogens with zero attached hydrogens (tertiary/aromatic N) is 4. The molecule has 2 aromatic rings. The SMILES string of the molecule is CCOC(=O)C1=NN(c2ccccc2)C(C(=O)N(C)C(C)c2cccnc2)C1. The van der Waals surface area contributed by atoms with Crippen LogP contribution in [0.1, 0.15) is 31.9 Å². The van der Waals surface area contributed by atoms with Crippen molar-refractivity contribution >= 4 is 23.3 Å². The van der Waals surface area contributed by atoms with E-state index in [4.69, 9.17) is 4.74 Å². The van der Waals surface area contributed by atoms with E-state index in [9.17, 15) is 9.59 Å². The van der Waals surface area contributed by atoms with Crippen molar-refractivity contribution in [2.24, 2.45) is 5.10 Å². The Morgan fingerprint density at radius 1 is 1.25 bits per heavy atom. The molecular formula is C21H24N4O3. The molecule has 146 valence electrons. The maximum absolute atomic E-state index is 13.3. The van der Waals surface area contributed by atoms with Gasteiger partial charge in [-0.2, -0.15) is 5.10 Å². The molecule has 0 saturated heterocycles. The van der Waals surface area contributed by atoms with Crippen LogP contribution in [-0.4, -0.2) is 47.2 Å². The molecule has 0 saturated carbocycles. The minimum atomic E-state index is -0.606. The molecule has 1 aliphatic rings. The number of esters is 1. The average molecular weight is 380 g/mol. The average Bonchev–Trinajstić information content (AvgIpc) is 3.19. The first-order valence-corrected chi connectivity index (χ1v) is 9.28. The van der Waals surface area contributed by atoms with E-state index in [-0.39, 0.29) is 30.7 Å². The monoisotopic (exact) mass is 380 g/mol. The molecule has 0 bridgehead atoms. The van der Waals surface area contributed by atoms with E-state index in [1.54, 1.807) is 36.3 Å². The highest BCUT2D eigenvalue weighted by atomic mass is 16.5. The van der Waals surface area contributed by atoms with Crippen molar-refractivity contribution < 1.29 is 14.3 Å².